The summed E-state index contributed by atoms with van der Waals surface area (Å²) in [7, 11) is 1.51. The maximum absolute atomic E-state index is 12.7. The van der Waals surface area contributed by atoms with E-state index in [9.17, 15) is 14.7 Å². The van der Waals surface area contributed by atoms with Crippen LogP contribution in [-0.4, -0.2) is 42.6 Å². The Morgan fingerprint density at radius 1 is 1.17 bits per heavy atom. The van der Waals surface area contributed by atoms with E-state index in [1.807, 2.05) is 61.5 Å². The molecule has 0 aliphatic carbocycles. The number of nitrogens with one attached hydrogen (secondary N) is 2. The van der Waals surface area contributed by atoms with Crippen molar-refractivity contribution in [2.24, 2.45) is 12.1 Å². The number of aliphatic hydroxyl groups excluding tert-OH is 1. The van der Waals surface area contributed by atoms with E-state index in [-0.39, 0.29) is 30.3 Å². The molecule has 35 heavy (non-hydrogen) atoms. The van der Waals surface area contributed by atoms with E-state index in [4.69, 9.17) is 4.74 Å². The fourth-order valence-electron chi connectivity index (χ4n) is 3.65. The predicted octanol–water partition coefficient (Wildman–Crippen LogP) is 2.26. The largest absolute Gasteiger partial charge is 0.491 e. The summed E-state index contributed by atoms with van der Waals surface area (Å²) >= 11 is 0. The molecule has 10 nitrogen and oxygen atoms in total. The van der Waals surface area contributed by atoms with Crippen molar-refractivity contribution in [3.63, 3.8) is 0 Å². The fraction of sp³-hybridized carbons (Fsp3) is 0.280. The van der Waals surface area contributed by atoms with E-state index >= 15 is 0 Å². The Bertz CT molecular complexity index is 1450. The summed E-state index contributed by atoms with van der Waals surface area (Å²) in [4.78, 5) is 31.5. The van der Waals surface area contributed by atoms with E-state index in [1.54, 1.807) is 0 Å². The number of aromatic amines is 1. The number of aliphatic hydroxyl groups is 1. The lowest BCUT2D eigenvalue weighted by atomic mass is 10.1. The molecule has 0 aliphatic rings. The number of rotatable bonds is 9. The van der Waals surface area contributed by atoms with Crippen LogP contribution in [0.5, 0.6) is 5.75 Å². The van der Waals surface area contributed by atoms with Gasteiger partial charge in [0.05, 0.1) is 12.3 Å². The number of hydrazone groups is 1. The van der Waals surface area contributed by atoms with E-state index in [0.717, 1.165) is 12.0 Å². The van der Waals surface area contributed by atoms with Crippen molar-refractivity contribution in [1.82, 2.24) is 19.1 Å². The minimum absolute atomic E-state index is 0.000560. The molecule has 3 N–H and O–H groups in total. The van der Waals surface area contributed by atoms with Crippen LogP contribution in [0.25, 0.3) is 11.2 Å². The molecule has 0 amide bonds. The zero-order chi connectivity index (χ0) is 24.9. The van der Waals surface area contributed by atoms with Gasteiger partial charge in [-0.2, -0.15) is 10.1 Å². The molecule has 0 saturated heterocycles. The predicted molar refractivity (Wildman–Crippen MR) is 135 cm³/mol. The maximum atomic E-state index is 12.7. The lowest BCUT2D eigenvalue weighted by molar-refractivity contribution is 0.0938. The summed E-state index contributed by atoms with van der Waals surface area (Å²) in [5.41, 5.74) is 4.83. The third-order valence-corrected chi connectivity index (χ3v) is 5.69. The molecule has 1 atom stereocenters. The number of H-pyrrole nitrogens is 1. The van der Waals surface area contributed by atoms with Crippen LogP contribution in [0.3, 0.4) is 0 Å². The van der Waals surface area contributed by atoms with Crippen molar-refractivity contribution in [1.29, 1.82) is 0 Å². The van der Waals surface area contributed by atoms with Gasteiger partial charge in [0.1, 0.15) is 18.5 Å². The smallest absolute Gasteiger partial charge is 0.329 e. The van der Waals surface area contributed by atoms with Gasteiger partial charge in [-0.1, -0.05) is 49.4 Å². The molecule has 0 fully saturated rings. The number of imidazole rings is 1. The second-order valence-electron chi connectivity index (χ2n) is 8.17. The van der Waals surface area contributed by atoms with Crippen molar-refractivity contribution in [2.75, 3.05) is 12.0 Å². The van der Waals surface area contributed by atoms with Gasteiger partial charge in [0.25, 0.3) is 5.56 Å². The highest BCUT2D eigenvalue weighted by Gasteiger charge is 2.20. The molecule has 0 saturated carbocycles. The number of aromatic nitrogens is 4. The maximum Gasteiger partial charge on any atom is 0.329 e. The molecule has 4 aromatic rings. The third-order valence-electron chi connectivity index (χ3n) is 5.69. The van der Waals surface area contributed by atoms with Crippen LogP contribution in [0.2, 0.25) is 0 Å². The Morgan fingerprint density at radius 3 is 2.57 bits per heavy atom. The highest BCUT2D eigenvalue weighted by molar-refractivity contribution is 5.99. The molecule has 2 aromatic heterocycles. The van der Waals surface area contributed by atoms with E-state index in [0.29, 0.717) is 11.5 Å². The number of nitrogens with zero attached hydrogens (tertiary/aromatic N) is 4. The Labute approximate surface area is 201 Å². The topological polar surface area (TPSA) is 127 Å². The van der Waals surface area contributed by atoms with Gasteiger partial charge in [-0.25, -0.2) is 10.2 Å². The minimum Gasteiger partial charge on any atom is -0.491 e. The number of benzene rings is 2. The summed E-state index contributed by atoms with van der Waals surface area (Å²) < 4.78 is 8.47. The first-order valence-electron chi connectivity index (χ1n) is 11.3. The van der Waals surface area contributed by atoms with Gasteiger partial charge in [0, 0.05) is 7.05 Å². The Kier molecular flexibility index (Phi) is 7.11. The van der Waals surface area contributed by atoms with Gasteiger partial charge >= 0.3 is 5.69 Å². The number of aryl methyl sites for hydroxylation is 2. The van der Waals surface area contributed by atoms with Crippen molar-refractivity contribution in [2.45, 2.75) is 32.9 Å². The molecule has 182 valence electrons. The molecular formula is C25H28N6O4. The quantitative estimate of drug-likeness (QED) is 0.251. The van der Waals surface area contributed by atoms with Crippen molar-refractivity contribution < 1.29 is 9.84 Å². The van der Waals surface area contributed by atoms with Crippen molar-refractivity contribution >= 4 is 22.8 Å². The van der Waals surface area contributed by atoms with Gasteiger partial charge in [-0.05, 0) is 36.6 Å². The second kappa shape index (κ2) is 10.4. The van der Waals surface area contributed by atoms with Crippen molar-refractivity contribution in [3.8, 4) is 5.75 Å². The molecule has 0 unspecified atom stereocenters. The summed E-state index contributed by atoms with van der Waals surface area (Å²) in [5, 5.41) is 15.1. The lowest BCUT2D eigenvalue weighted by Crippen LogP contribution is -2.30. The number of anilines is 1. The summed E-state index contributed by atoms with van der Waals surface area (Å²) in [6.45, 7) is 3.90. The van der Waals surface area contributed by atoms with E-state index in [1.165, 1.54) is 21.7 Å². The first-order chi connectivity index (χ1) is 16.9. The number of ether oxygens (including phenoxy) is 1. The monoisotopic (exact) mass is 476 g/mol. The molecule has 0 aliphatic heterocycles. The molecule has 2 aromatic carbocycles. The Balaban J connectivity index is 1.62. The Morgan fingerprint density at radius 2 is 1.89 bits per heavy atom. The molecule has 0 bridgehead atoms. The van der Waals surface area contributed by atoms with Crippen LogP contribution in [0.15, 0.2) is 69.3 Å². The van der Waals surface area contributed by atoms with Gasteiger partial charge in [0.15, 0.2) is 11.2 Å². The molecule has 0 radical (unpaired) electrons. The highest BCUT2D eigenvalue weighted by atomic mass is 16.5. The average Bonchev–Trinajstić information content (AvgIpc) is 3.24. The van der Waals surface area contributed by atoms with Crippen LogP contribution in [0.1, 0.15) is 25.0 Å². The van der Waals surface area contributed by atoms with Crippen LogP contribution in [0, 0.1) is 0 Å². The van der Waals surface area contributed by atoms with Crippen LogP contribution in [-0.2, 0) is 20.0 Å². The van der Waals surface area contributed by atoms with E-state index < -0.39 is 17.4 Å². The van der Waals surface area contributed by atoms with Crippen molar-refractivity contribution in [3.05, 3.63) is 86.6 Å². The standard InChI is InChI=1S/C25H28N6O4/c1-4-17-10-12-20(13-11-17)35-15-19(32)14-31-21-22(30(3)25(34)27-23(21)33)26-24(31)29-28-16(2)18-8-6-5-7-9-18/h5-13,19,32H,4,14-15H2,1-3H3,(H,26,29)(H,27,33,34)/b28-16-/t19-/m1/s1. The zero-order valence-corrected chi connectivity index (χ0v) is 19.9. The Hall–Kier alpha value is -4.18. The molecule has 0 spiro atoms. The van der Waals surface area contributed by atoms with Gasteiger partial charge in [-0.15, -0.1) is 0 Å². The minimum atomic E-state index is -0.963. The molecular weight excluding hydrogens is 448 g/mol. The highest BCUT2D eigenvalue weighted by Crippen LogP contribution is 2.18. The number of hydrogen-bond donors (Lipinski definition) is 3. The van der Waals surface area contributed by atoms with Crippen LogP contribution in [0.4, 0.5) is 5.95 Å². The average molecular weight is 477 g/mol. The third kappa shape index (κ3) is 5.33. The summed E-state index contributed by atoms with van der Waals surface area (Å²) in [5.74, 6) is 0.853. The molecule has 10 heteroatoms. The SMILES string of the molecule is CCc1ccc(OC[C@H](O)Cn2c(N/N=C(/C)c3ccccc3)nc3c2c(=O)[nH]c(=O)n3C)cc1. The van der Waals surface area contributed by atoms with E-state index in [2.05, 4.69) is 27.4 Å². The second-order valence-corrected chi connectivity index (χ2v) is 8.17. The zero-order valence-electron chi connectivity index (χ0n) is 19.9. The summed E-state index contributed by atoms with van der Waals surface area (Å²) in [6, 6.07) is 17.2. The first-order valence-corrected chi connectivity index (χ1v) is 11.3. The lowest BCUT2D eigenvalue weighted by Gasteiger charge is -2.15. The van der Waals surface area contributed by atoms with Crippen LogP contribution < -0.4 is 21.4 Å². The van der Waals surface area contributed by atoms with Gasteiger partial charge < -0.3 is 14.4 Å². The molecule has 2 heterocycles. The molecule has 4 rings (SSSR count). The van der Waals surface area contributed by atoms with Gasteiger partial charge in [0.2, 0.25) is 5.95 Å². The normalized spacial score (nSPS) is 12.6. The first kappa shape index (κ1) is 24.0. The van der Waals surface area contributed by atoms with Crippen LogP contribution >= 0.6 is 0 Å². The summed E-state index contributed by atoms with van der Waals surface area (Å²) in [6.07, 6.45) is -0.0370. The number of fused-ring (bicyclic) bond motifs is 1. The fourth-order valence-corrected chi connectivity index (χ4v) is 3.65. The number of hydrogen-bond acceptors (Lipinski definition) is 7. The van der Waals surface area contributed by atoms with Gasteiger partial charge in [-0.3, -0.25) is 14.3 Å².